The van der Waals surface area contributed by atoms with Gasteiger partial charge in [-0.15, -0.1) is 0 Å². The Morgan fingerprint density at radius 1 is 1.22 bits per heavy atom. The molecule has 0 aromatic carbocycles. The van der Waals surface area contributed by atoms with Crippen molar-refractivity contribution in [2.75, 3.05) is 26.2 Å². The number of hydrogen-bond acceptors (Lipinski definition) is 3. The molecule has 1 saturated heterocycles. The maximum Gasteiger partial charge on any atom is 0.279 e. The molecule has 1 aliphatic rings. The van der Waals surface area contributed by atoms with Crippen molar-refractivity contribution in [3.63, 3.8) is 0 Å². The van der Waals surface area contributed by atoms with E-state index in [1.165, 1.54) is 0 Å². The van der Waals surface area contributed by atoms with Gasteiger partial charge in [0.2, 0.25) is 0 Å². The summed E-state index contributed by atoms with van der Waals surface area (Å²) in [5, 5.41) is 3.49. The van der Waals surface area contributed by atoms with Crippen LogP contribution in [0.3, 0.4) is 0 Å². The second-order valence-corrected chi connectivity index (χ2v) is 6.84. The van der Waals surface area contributed by atoms with Gasteiger partial charge in [0.1, 0.15) is 0 Å². The Labute approximate surface area is 112 Å². The van der Waals surface area contributed by atoms with Gasteiger partial charge in [0.05, 0.1) is 0 Å². The molecule has 0 radical (unpaired) electrons. The number of nitrogens with one attached hydrogen (secondary N) is 2. The Morgan fingerprint density at radius 2 is 1.89 bits per heavy atom. The highest BCUT2D eigenvalue weighted by atomic mass is 32.2. The lowest BCUT2D eigenvalue weighted by Gasteiger charge is -2.36. The van der Waals surface area contributed by atoms with Crippen molar-refractivity contribution in [1.82, 2.24) is 14.3 Å². The normalized spacial score (nSPS) is 26.4. The van der Waals surface area contributed by atoms with Gasteiger partial charge in [-0.25, -0.2) is 4.72 Å². The van der Waals surface area contributed by atoms with E-state index in [1.54, 1.807) is 4.31 Å². The van der Waals surface area contributed by atoms with Crippen molar-refractivity contribution in [2.45, 2.75) is 46.1 Å². The summed E-state index contributed by atoms with van der Waals surface area (Å²) in [7, 11) is -3.27. The molecule has 1 aliphatic heterocycles. The third-order valence-electron chi connectivity index (χ3n) is 3.40. The Bertz CT molecular complexity index is 332. The van der Waals surface area contributed by atoms with Gasteiger partial charge in [0, 0.05) is 25.7 Å². The predicted octanol–water partition coefficient (Wildman–Crippen LogP) is 0.941. The number of hydrogen-bond donors (Lipinski definition) is 2. The lowest BCUT2D eigenvalue weighted by molar-refractivity contribution is 0.219. The average molecular weight is 277 g/mol. The number of piperidine rings is 1. The van der Waals surface area contributed by atoms with Crippen LogP contribution in [-0.4, -0.2) is 44.9 Å². The molecule has 0 aliphatic carbocycles. The second-order valence-electron chi connectivity index (χ2n) is 5.08. The molecule has 1 heterocycles. The van der Waals surface area contributed by atoms with Crippen LogP contribution in [0, 0.1) is 5.92 Å². The van der Waals surface area contributed by atoms with Crippen molar-refractivity contribution in [2.24, 2.45) is 5.92 Å². The lowest BCUT2D eigenvalue weighted by Crippen LogP contribution is -2.52. The first-order valence-corrected chi connectivity index (χ1v) is 8.43. The molecule has 0 aromatic rings. The van der Waals surface area contributed by atoms with Crippen molar-refractivity contribution in [3.8, 4) is 0 Å². The zero-order valence-corrected chi connectivity index (χ0v) is 12.6. The number of nitrogens with zero attached hydrogens (tertiary/aromatic N) is 1. The van der Waals surface area contributed by atoms with Gasteiger partial charge in [-0.05, 0) is 31.7 Å². The molecule has 0 saturated carbocycles. The van der Waals surface area contributed by atoms with Crippen LogP contribution >= 0.6 is 0 Å². The molecule has 5 nitrogen and oxygen atoms in total. The van der Waals surface area contributed by atoms with E-state index >= 15 is 0 Å². The van der Waals surface area contributed by atoms with Crippen molar-refractivity contribution < 1.29 is 8.42 Å². The molecule has 0 bridgehead atoms. The SMILES string of the molecule is CCCNC1CCN(S(=O)(=O)NCCC)CC1C. The van der Waals surface area contributed by atoms with Gasteiger partial charge in [0.15, 0.2) is 0 Å². The van der Waals surface area contributed by atoms with Crippen molar-refractivity contribution in [3.05, 3.63) is 0 Å². The van der Waals surface area contributed by atoms with Gasteiger partial charge in [-0.2, -0.15) is 12.7 Å². The van der Waals surface area contributed by atoms with E-state index < -0.39 is 10.2 Å². The highest BCUT2D eigenvalue weighted by molar-refractivity contribution is 7.87. The fourth-order valence-electron chi connectivity index (χ4n) is 2.28. The van der Waals surface area contributed by atoms with Crippen LogP contribution in [0.15, 0.2) is 0 Å². The summed E-state index contributed by atoms with van der Waals surface area (Å²) in [6.45, 7) is 8.98. The van der Waals surface area contributed by atoms with Crippen LogP contribution in [0.4, 0.5) is 0 Å². The summed E-state index contributed by atoms with van der Waals surface area (Å²) in [5.41, 5.74) is 0. The Hall–Kier alpha value is -0.170. The van der Waals surface area contributed by atoms with Crippen molar-refractivity contribution in [1.29, 1.82) is 0 Å². The van der Waals surface area contributed by atoms with Crippen molar-refractivity contribution >= 4 is 10.2 Å². The summed E-state index contributed by atoms with van der Waals surface area (Å²) >= 11 is 0. The zero-order valence-electron chi connectivity index (χ0n) is 11.8. The highest BCUT2D eigenvalue weighted by Crippen LogP contribution is 2.18. The maximum atomic E-state index is 12.0. The third-order valence-corrected chi connectivity index (χ3v) is 4.98. The molecule has 108 valence electrons. The Kier molecular flexibility index (Phi) is 6.55. The van der Waals surface area contributed by atoms with Crippen LogP contribution in [0.5, 0.6) is 0 Å². The minimum atomic E-state index is -3.27. The molecule has 1 rings (SSSR count). The molecule has 2 N–H and O–H groups in total. The first-order chi connectivity index (χ1) is 8.51. The predicted molar refractivity (Wildman–Crippen MR) is 74.6 cm³/mol. The lowest BCUT2D eigenvalue weighted by atomic mass is 9.95. The van der Waals surface area contributed by atoms with Crippen LogP contribution in [-0.2, 0) is 10.2 Å². The molecule has 0 spiro atoms. The molecule has 2 atom stereocenters. The van der Waals surface area contributed by atoms with E-state index in [1.807, 2.05) is 6.92 Å². The van der Waals surface area contributed by atoms with E-state index in [2.05, 4.69) is 23.9 Å². The van der Waals surface area contributed by atoms with E-state index in [-0.39, 0.29) is 0 Å². The summed E-state index contributed by atoms with van der Waals surface area (Å²) in [5.74, 6) is 0.364. The molecule has 1 fully saturated rings. The molecular weight excluding hydrogens is 250 g/mol. The Balaban J connectivity index is 2.49. The van der Waals surface area contributed by atoms with Crippen LogP contribution in [0.2, 0.25) is 0 Å². The molecule has 6 heteroatoms. The smallest absolute Gasteiger partial charge is 0.279 e. The minimum Gasteiger partial charge on any atom is -0.314 e. The van der Waals surface area contributed by atoms with Crippen LogP contribution < -0.4 is 10.0 Å². The fraction of sp³-hybridized carbons (Fsp3) is 1.00. The third kappa shape index (κ3) is 4.50. The van der Waals surface area contributed by atoms with E-state index in [4.69, 9.17) is 0 Å². The van der Waals surface area contributed by atoms with E-state index in [0.29, 0.717) is 31.6 Å². The van der Waals surface area contributed by atoms with Gasteiger partial charge in [-0.1, -0.05) is 20.8 Å². The van der Waals surface area contributed by atoms with Crippen LogP contribution in [0.25, 0.3) is 0 Å². The highest BCUT2D eigenvalue weighted by Gasteiger charge is 2.31. The van der Waals surface area contributed by atoms with Gasteiger partial charge in [-0.3, -0.25) is 0 Å². The summed E-state index contributed by atoms with van der Waals surface area (Å²) in [6.07, 6.45) is 2.83. The molecule has 0 aromatic heterocycles. The Morgan fingerprint density at radius 3 is 2.44 bits per heavy atom. The maximum absolute atomic E-state index is 12.0. The minimum absolute atomic E-state index is 0.364. The average Bonchev–Trinajstić information content (AvgIpc) is 2.35. The summed E-state index contributed by atoms with van der Waals surface area (Å²) < 4.78 is 28.2. The quantitative estimate of drug-likeness (QED) is 0.728. The molecule has 18 heavy (non-hydrogen) atoms. The largest absolute Gasteiger partial charge is 0.314 e. The first-order valence-electron chi connectivity index (χ1n) is 6.99. The summed E-state index contributed by atoms with van der Waals surface area (Å²) in [6, 6.07) is 0.447. The van der Waals surface area contributed by atoms with Gasteiger partial charge < -0.3 is 5.32 Å². The second kappa shape index (κ2) is 7.43. The van der Waals surface area contributed by atoms with E-state index in [9.17, 15) is 8.42 Å². The van der Waals surface area contributed by atoms with Gasteiger partial charge >= 0.3 is 0 Å². The summed E-state index contributed by atoms with van der Waals surface area (Å²) in [4.78, 5) is 0. The standard InChI is InChI=1S/C12H27N3O2S/c1-4-7-13-12-6-9-15(10-11(12)3)18(16,17)14-8-5-2/h11-14H,4-10H2,1-3H3. The molecular formula is C12H27N3O2S. The van der Waals surface area contributed by atoms with E-state index in [0.717, 1.165) is 25.8 Å². The topological polar surface area (TPSA) is 61.4 Å². The fourth-order valence-corrected chi connectivity index (χ4v) is 3.70. The van der Waals surface area contributed by atoms with Crippen LogP contribution in [0.1, 0.15) is 40.0 Å². The first kappa shape index (κ1) is 15.9. The monoisotopic (exact) mass is 277 g/mol. The zero-order chi connectivity index (χ0) is 13.6. The number of rotatable bonds is 7. The van der Waals surface area contributed by atoms with Gasteiger partial charge in [0.25, 0.3) is 10.2 Å². The molecule has 2 unspecified atom stereocenters. The molecule has 0 amide bonds.